The Morgan fingerprint density at radius 2 is 1.95 bits per heavy atom. The Hall–Kier alpha value is -2.69. The van der Waals surface area contributed by atoms with Gasteiger partial charge in [0.25, 0.3) is 0 Å². The standard InChI is InChI=1S/C14H11N3O2/c1-10-2-4-11(5-3-10)12-6-7-13(19-12)14(18)17-9-15-8-16-17/h2-9H,1H3. The molecule has 2 aromatic heterocycles. The predicted octanol–water partition coefficient (Wildman–Crippen LogP) is 2.54. The van der Waals surface area contributed by atoms with Crippen LogP contribution in [-0.2, 0) is 0 Å². The van der Waals surface area contributed by atoms with E-state index in [0.29, 0.717) is 5.76 Å². The molecule has 0 amide bonds. The molecule has 3 rings (SSSR count). The molecule has 0 aliphatic heterocycles. The molecule has 0 spiro atoms. The minimum atomic E-state index is -0.337. The molecule has 2 heterocycles. The molecule has 0 unspecified atom stereocenters. The summed E-state index contributed by atoms with van der Waals surface area (Å²) < 4.78 is 6.69. The van der Waals surface area contributed by atoms with Gasteiger partial charge >= 0.3 is 5.91 Å². The lowest BCUT2D eigenvalue weighted by Crippen LogP contribution is -2.11. The van der Waals surface area contributed by atoms with Gasteiger partial charge in [-0.15, -0.1) is 0 Å². The van der Waals surface area contributed by atoms with Crippen molar-refractivity contribution < 1.29 is 9.21 Å². The highest BCUT2D eigenvalue weighted by Gasteiger charge is 2.14. The molecule has 0 aliphatic carbocycles. The smallest absolute Gasteiger partial charge is 0.315 e. The molecule has 19 heavy (non-hydrogen) atoms. The van der Waals surface area contributed by atoms with Crippen LogP contribution in [-0.4, -0.2) is 20.7 Å². The van der Waals surface area contributed by atoms with E-state index in [1.165, 1.54) is 18.2 Å². The number of aromatic nitrogens is 3. The van der Waals surface area contributed by atoms with Crippen LogP contribution in [0.5, 0.6) is 0 Å². The molecular formula is C14H11N3O2. The summed E-state index contributed by atoms with van der Waals surface area (Å²) in [6.45, 7) is 2.02. The lowest BCUT2D eigenvalue weighted by atomic mass is 10.1. The first-order chi connectivity index (χ1) is 9.24. The number of carbonyl (C=O) groups is 1. The Morgan fingerprint density at radius 3 is 2.63 bits per heavy atom. The molecule has 5 nitrogen and oxygen atoms in total. The van der Waals surface area contributed by atoms with Crippen molar-refractivity contribution in [2.75, 3.05) is 0 Å². The number of carbonyl (C=O) groups excluding carboxylic acids is 1. The van der Waals surface area contributed by atoms with Crippen LogP contribution in [0.4, 0.5) is 0 Å². The Labute approximate surface area is 109 Å². The first kappa shape index (κ1) is 11.4. The summed E-state index contributed by atoms with van der Waals surface area (Å²) in [6, 6.07) is 11.3. The molecule has 0 fully saturated rings. The zero-order valence-electron chi connectivity index (χ0n) is 10.3. The number of nitrogens with zero attached hydrogens (tertiary/aromatic N) is 3. The fourth-order valence-corrected chi connectivity index (χ4v) is 1.75. The fraction of sp³-hybridized carbons (Fsp3) is 0.0714. The molecule has 94 valence electrons. The van der Waals surface area contributed by atoms with Crippen molar-refractivity contribution in [2.24, 2.45) is 0 Å². The zero-order chi connectivity index (χ0) is 13.2. The summed E-state index contributed by atoms with van der Waals surface area (Å²) >= 11 is 0. The number of aryl methyl sites for hydroxylation is 1. The second-order valence-corrected chi connectivity index (χ2v) is 4.18. The van der Waals surface area contributed by atoms with Crippen LogP contribution in [0.15, 0.2) is 53.5 Å². The number of hydrogen-bond acceptors (Lipinski definition) is 4. The molecule has 0 aliphatic rings. The Kier molecular flexibility index (Phi) is 2.72. The van der Waals surface area contributed by atoms with E-state index in [2.05, 4.69) is 10.1 Å². The van der Waals surface area contributed by atoms with Crippen LogP contribution in [0.1, 0.15) is 16.1 Å². The van der Waals surface area contributed by atoms with Crippen LogP contribution < -0.4 is 0 Å². The highest BCUT2D eigenvalue weighted by atomic mass is 16.4. The minimum Gasteiger partial charge on any atom is -0.451 e. The van der Waals surface area contributed by atoms with E-state index in [0.717, 1.165) is 10.2 Å². The van der Waals surface area contributed by atoms with Gasteiger partial charge < -0.3 is 4.42 Å². The van der Waals surface area contributed by atoms with Crippen molar-refractivity contribution in [3.05, 3.63) is 60.4 Å². The quantitative estimate of drug-likeness (QED) is 0.704. The lowest BCUT2D eigenvalue weighted by Gasteiger charge is -1.98. The van der Waals surface area contributed by atoms with Gasteiger partial charge in [-0.3, -0.25) is 4.79 Å². The maximum atomic E-state index is 12.0. The number of benzene rings is 1. The van der Waals surface area contributed by atoms with E-state index in [1.54, 1.807) is 12.1 Å². The van der Waals surface area contributed by atoms with E-state index in [4.69, 9.17) is 4.42 Å². The molecule has 0 saturated carbocycles. The predicted molar refractivity (Wildman–Crippen MR) is 68.6 cm³/mol. The summed E-state index contributed by atoms with van der Waals surface area (Å²) in [6.07, 6.45) is 2.65. The van der Waals surface area contributed by atoms with Crippen molar-refractivity contribution in [1.29, 1.82) is 0 Å². The van der Waals surface area contributed by atoms with Crippen molar-refractivity contribution in [3.8, 4) is 11.3 Å². The van der Waals surface area contributed by atoms with Gasteiger partial charge in [-0.1, -0.05) is 29.8 Å². The molecule has 0 N–H and O–H groups in total. The van der Waals surface area contributed by atoms with Crippen molar-refractivity contribution in [3.63, 3.8) is 0 Å². The largest absolute Gasteiger partial charge is 0.451 e. The Morgan fingerprint density at radius 1 is 1.16 bits per heavy atom. The molecule has 3 aromatic rings. The van der Waals surface area contributed by atoms with Crippen LogP contribution in [0.25, 0.3) is 11.3 Å². The summed E-state index contributed by atoms with van der Waals surface area (Å²) in [5, 5.41) is 3.78. The zero-order valence-corrected chi connectivity index (χ0v) is 10.3. The molecule has 0 bridgehead atoms. The first-order valence-electron chi connectivity index (χ1n) is 5.80. The molecule has 0 radical (unpaired) electrons. The van der Waals surface area contributed by atoms with Crippen LogP contribution in [0.2, 0.25) is 0 Å². The van der Waals surface area contributed by atoms with E-state index >= 15 is 0 Å². The SMILES string of the molecule is Cc1ccc(-c2ccc(C(=O)n3cncn3)o2)cc1. The maximum Gasteiger partial charge on any atom is 0.315 e. The molecule has 1 aromatic carbocycles. The summed E-state index contributed by atoms with van der Waals surface area (Å²) in [5.74, 6) is 0.556. The van der Waals surface area contributed by atoms with E-state index in [-0.39, 0.29) is 11.7 Å². The summed E-state index contributed by atoms with van der Waals surface area (Å²) in [5.41, 5.74) is 2.11. The lowest BCUT2D eigenvalue weighted by molar-refractivity contribution is 0.0917. The molecule has 0 saturated heterocycles. The average Bonchev–Trinajstić information content (AvgIpc) is 3.10. The third-order valence-electron chi connectivity index (χ3n) is 2.78. The van der Waals surface area contributed by atoms with Crippen LogP contribution in [0.3, 0.4) is 0 Å². The van der Waals surface area contributed by atoms with Gasteiger partial charge in [-0.25, -0.2) is 4.98 Å². The first-order valence-corrected chi connectivity index (χ1v) is 5.80. The normalized spacial score (nSPS) is 10.6. The Balaban J connectivity index is 1.91. The van der Waals surface area contributed by atoms with Gasteiger partial charge in [0, 0.05) is 5.56 Å². The van der Waals surface area contributed by atoms with Crippen LogP contribution >= 0.6 is 0 Å². The van der Waals surface area contributed by atoms with Gasteiger partial charge in [0.05, 0.1) is 0 Å². The van der Waals surface area contributed by atoms with E-state index < -0.39 is 0 Å². The highest BCUT2D eigenvalue weighted by molar-refractivity contribution is 5.93. The third kappa shape index (κ3) is 2.18. The fourth-order valence-electron chi connectivity index (χ4n) is 1.75. The van der Waals surface area contributed by atoms with Gasteiger partial charge in [0.15, 0.2) is 5.76 Å². The van der Waals surface area contributed by atoms with Gasteiger partial charge in [-0.2, -0.15) is 9.78 Å². The minimum absolute atomic E-state index is 0.237. The van der Waals surface area contributed by atoms with Crippen LogP contribution in [0, 0.1) is 6.92 Å². The van der Waals surface area contributed by atoms with Crippen molar-refractivity contribution in [1.82, 2.24) is 14.8 Å². The average molecular weight is 253 g/mol. The number of rotatable bonds is 2. The maximum absolute atomic E-state index is 12.0. The van der Waals surface area contributed by atoms with Crippen molar-refractivity contribution in [2.45, 2.75) is 6.92 Å². The molecular weight excluding hydrogens is 242 g/mol. The van der Waals surface area contributed by atoms with Gasteiger partial charge in [-0.05, 0) is 19.1 Å². The second-order valence-electron chi connectivity index (χ2n) is 4.18. The van der Waals surface area contributed by atoms with Crippen molar-refractivity contribution >= 4 is 5.91 Å². The van der Waals surface area contributed by atoms with Gasteiger partial charge in [0.2, 0.25) is 0 Å². The van der Waals surface area contributed by atoms with Gasteiger partial charge in [0.1, 0.15) is 18.4 Å². The Bertz CT molecular complexity index is 697. The summed E-state index contributed by atoms with van der Waals surface area (Å²) in [7, 11) is 0. The number of hydrogen-bond donors (Lipinski definition) is 0. The second kappa shape index (κ2) is 4.53. The highest BCUT2D eigenvalue weighted by Crippen LogP contribution is 2.22. The number of furan rings is 1. The third-order valence-corrected chi connectivity index (χ3v) is 2.78. The monoisotopic (exact) mass is 253 g/mol. The summed E-state index contributed by atoms with van der Waals surface area (Å²) in [4.78, 5) is 15.7. The van der Waals surface area contributed by atoms with E-state index in [9.17, 15) is 4.79 Å². The topological polar surface area (TPSA) is 60.9 Å². The molecule has 0 atom stereocenters. The molecule has 5 heteroatoms. The van der Waals surface area contributed by atoms with E-state index in [1.807, 2.05) is 31.2 Å².